The minimum absolute atomic E-state index is 0. The van der Waals surface area contributed by atoms with Crippen molar-refractivity contribution >= 4 is 32.3 Å². The molecule has 0 saturated heterocycles. The van der Waals surface area contributed by atoms with Crippen LogP contribution >= 0.6 is 0 Å². The summed E-state index contributed by atoms with van der Waals surface area (Å²) in [5.41, 5.74) is 1.00. The quantitative estimate of drug-likeness (QED) is 0.133. The molecule has 0 bridgehead atoms. The van der Waals surface area contributed by atoms with E-state index in [1.165, 1.54) is 32.3 Å². The smallest absolute Gasteiger partial charge is 0.00990 e. The first-order valence-corrected chi connectivity index (χ1v) is 24.2. The van der Waals surface area contributed by atoms with E-state index < -0.39 is 0 Å². The molecule has 0 radical (unpaired) electrons. The zero-order valence-corrected chi connectivity index (χ0v) is 45.3. The molecule has 0 unspecified atom stereocenters. The standard InChI is InChI=1S/C18H12.3C6H6.2C5H12.8C2H6.6CH4/c1-2-8-14-13(7-1)15-9-3-4-11-17(15)18-12-6-5-10-16(14)18;3*1-2-4-6-5-3-1;2*1-5(2,3)4;8*1-2;;;;;;/h1-12H;3*1-6H;2*1-4H3;8*1-2H3;6*1H4. The summed E-state index contributed by atoms with van der Waals surface area (Å²) in [6, 6.07) is 62.0. The van der Waals surface area contributed by atoms with Gasteiger partial charge in [0.05, 0.1) is 0 Å². The third-order valence-electron chi connectivity index (χ3n) is 5.65. The van der Waals surface area contributed by atoms with Crippen LogP contribution in [0.4, 0.5) is 0 Å². The summed E-state index contributed by atoms with van der Waals surface area (Å²) in [6.45, 7) is 49.5. The summed E-state index contributed by atoms with van der Waals surface area (Å²) in [7, 11) is 0. The van der Waals surface area contributed by atoms with Crippen LogP contribution in [0.5, 0.6) is 0 Å². The molecule has 0 heterocycles. The molecule has 0 nitrogen and oxygen atoms in total. The lowest BCUT2D eigenvalue weighted by Crippen LogP contribution is -1.93. The van der Waals surface area contributed by atoms with Crippen molar-refractivity contribution in [2.45, 2.75) is 211 Å². The van der Waals surface area contributed by atoms with Gasteiger partial charge in [0.2, 0.25) is 0 Å². The number of hydrogen-bond donors (Lipinski definition) is 0. The minimum atomic E-state index is 0. The highest BCUT2D eigenvalue weighted by molar-refractivity contribution is 6.25. The van der Waals surface area contributed by atoms with Crippen molar-refractivity contribution in [1.82, 2.24) is 0 Å². The van der Waals surface area contributed by atoms with Gasteiger partial charge in [-0.2, -0.15) is 0 Å². The van der Waals surface area contributed by atoms with E-state index in [1.54, 1.807) is 0 Å². The number of rotatable bonds is 0. The Hall–Kier alpha value is -4.68. The molecule has 0 heteroatoms. The third-order valence-corrected chi connectivity index (χ3v) is 5.65. The lowest BCUT2D eigenvalue weighted by molar-refractivity contribution is 0.469. The molecule has 0 aromatic heterocycles. The average molecular weight is 944 g/mol. The first kappa shape index (κ1) is 97.1. The number of hydrogen-bond acceptors (Lipinski definition) is 0. The van der Waals surface area contributed by atoms with Crippen LogP contribution in [-0.2, 0) is 0 Å². The summed E-state index contributed by atoms with van der Waals surface area (Å²) < 4.78 is 0. The SMILES string of the molecule is C.C.C.C.C.C.CC.CC.CC.CC.CC.CC.CC.CC.CC(C)(C)C.CC(C)(C)C.c1ccc2c(c1)c1ccccc1c1ccccc21.c1ccccc1.c1ccccc1.c1ccccc1. The average Bonchev–Trinajstić information content (AvgIpc) is 3.35. The number of benzene rings is 7. The van der Waals surface area contributed by atoms with Crippen molar-refractivity contribution in [3.63, 3.8) is 0 Å². The predicted molar refractivity (Wildman–Crippen MR) is 340 cm³/mol. The maximum atomic E-state index is 2.21. The number of fused-ring (bicyclic) bond motifs is 6. The summed E-state index contributed by atoms with van der Waals surface area (Å²) in [5.74, 6) is 0. The highest BCUT2D eigenvalue weighted by atomic mass is 14.1. The topological polar surface area (TPSA) is 0 Å². The van der Waals surface area contributed by atoms with Crippen molar-refractivity contribution < 1.29 is 0 Å². The third kappa shape index (κ3) is 65.6. The van der Waals surface area contributed by atoms with Crippen molar-refractivity contribution in [3.05, 3.63) is 182 Å². The summed E-state index contributed by atoms with van der Waals surface area (Å²) >= 11 is 0. The molecular weight excluding hydrogens is 817 g/mol. The van der Waals surface area contributed by atoms with E-state index in [4.69, 9.17) is 0 Å². The molecule has 0 N–H and O–H groups in total. The zero-order chi connectivity index (χ0) is 49.7. The summed E-state index contributed by atoms with van der Waals surface area (Å²) in [5, 5.41) is 8.04. The fraction of sp³-hybridized carbons (Fsp3) is 0.471. The fourth-order valence-corrected chi connectivity index (χ4v) is 4.01. The second kappa shape index (κ2) is 76.6. The monoisotopic (exact) mass is 943 g/mol. The molecule has 7 aromatic carbocycles. The van der Waals surface area contributed by atoms with Crippen molar-refractivity contribution in [1.29, 1.82) is 0 Å². The Morgan fingerprint density at radius 2 is 0.221 bits per heavy atom. The molecule has 68 heavy (non-hydrogen) atoms. The summed E-state index contributed by atoms with van der Waals surface area (Å²) in [4.78, 5) is 0. The molecule has 0 fully saturated rings. The molecule has 0 spiro atoms. The van der Waals surface area contributed by atoms with E-state index in [0.29, 0.717) is 10.8 Å². The van der Waals surface area contributed by atoms with Crippen LogP contribution in [0.15, 0.2) is 182 Å². The van der Waals surface area contributed by atoms with Crippen LogP contribution in [0.3, 0.4) is 0 Å². The largest absolute Gasteiger partial charge is 0.0776 e. The van der Waals surface area contributed by atoms with E-state index in [9.17, 15) is 0 Å². The maximum Gasteiger partial charge on any atom is -0.00990 e. The van der Waals surface area contributed by atoms with Crippen LogP contribution in [0.2, 0.25) is 0 Å². The van der Waals surface area contributed by atoms with Crippen LogP contribution < -0.4 is 0 Å². The normalized spacial score (nSPS) is 7.59. The van der Waals surface area contributed by atoms with Gasteiger partial charge in [-0.15, -0.1) is 0 Å². The maximum absolute atomic E-state index is 2.21. The Morgan fingerprint density at radius 3 is 0.279 bits per heavy atom. The predicted octanol–water partition coefficient (Wildman–Crippen LogP) is 26.3. The molecule has 0 aliphatic carbocycles. The van der Waals surface area contributed by atoms with E-state index in [2.05, 4.69) is 128 Å². The first-order chi connectivity index (χ1) is 29.9. The Labute approximate surface area is 433 Å². The van der Waals surface area contributed by atoms with Crippen LogP contribution in [0.1, 0.15) is 211 Å². The van der Waals surface area contributed by atoms with Gasteiger partial charge in [-0.1, -0.05) is 393 Å². The van der Waals surface area contributed by atoms with Gasteiger partial charge in [0.15, 0.2) is 0 Å². The van der Waals surface area contributed by atoms with Gasteiger partial charge >= 0.3 is 0 Å². The fourth-order valence-electron chi connectivity index (χ4n) is 4.01. The van der Waals surface area contributed by atoms with Gasteiger partial charge in [-0.3, -0.25) is 0 Å². The molecule has 7 rings (SSSR count). The molecule has 0 aliphatic rings. The van der Waals surface area contributed by atoms with Crippen LogP contribution in [0.25, 0.3) is 32.3 Å². The van der Waals surface area contributed by atoms with Gasteiger partial charge in [0, 0.05) is 0 Å². The highest BCUT2D eigenvalue weighted by Gasteiger charge is 2.06. The van der Waals surface area contributed by atoms with E-state index >= 15 is 0 Å². The second-order valence-electron chi connectivity index (χ2n) is 14.1. The molecule has 0 saturated carbocycles. The van der Waals surface area contributed by atoms with E-state index in [0.717, 1.165) is 0 Å². The van der Waals surface area contributed by atoms with Crippen molar-refractivity contribution in [2.24, 2.45) is 10.8 Å². The molecule has 0 aliphatic heterocycles. The Bertz CT molecular complexity index is 1340. The van der Waals surface area contributed by atoms with Crippen LogP contribution in [0, 0.1) is 10.8 Å². The van der Waals surface area contributed by atoms with Gasteiger partial charge in [0.25, 0.3) is 0 Å². The lowest BCUT2D eigenvalue weighted by Gasteiger charge is -2.09. The second-order valence-corrected chi connectivity index (χ2v) is 14.1. The Morgan fingerprint density at radius 1 is 0.162 bits per heavy atom. The Kier molecular flexibility index (Phi) is 109. The van der Waals surface area contributed by atoms with Gasteiger partial charge in [0.1, 0.15) is 0 Å². The molecule has 398 valence electrons. The highest BCUT2D eigenvalue weighted by Crippen LogP contribution is 2.34. The van der Waals surface area contributed by atoms with Crippen LogP contribution in [-0.4, -0.2) is 0 Å². The summed E-state index contributed by atoms with van der Waals surface area (Å²) in [6.07, 6.45) is 0. The minimum Gasteiger partial charge on any atom is -0.0776 e. The van der Waals surface area contributed by atoms with E-state index in [-0.39, 0.29) is 44.6 Å². The van der Waals surface area contributed by atoms with Crippen molar-refractivity contribution in [2.75, 3.05) is 0 Å². The Balaban J connectivity index is -0.0000000479. The zero-order valence-electron chi connectivity index (χ0n) is 45.3. The van der Waals surface area contributed by atoms with E-state index in [1.807, 2.05) is 220 Å². The van der Waals surface area contributed by atoms with Gasteiger partial charge < -0.3 is 0 Å². The first-order valence-electron chi connectivity index (χ1n) is 24.2. The molecular formula is C68H126. The van der Waals surface area contributed by atoms with Crippen molar-refractivity contribution in [3.8, 4) is 0 Å². The van der Waals surface area contributed by atoms with Gasteiger partial charge in [-0.05, 0) is 43.1 Å². The molecule has 0 atom stereocenters. The lowest BCUT2D eigenvalue weighted by atomic mass is 9.95. The molecule has 0 amide bonds. The molecule has 7 aromatic rings. The van der Waals surface area contributed by atoms with Gasteiger partial charge in [-0.25, -0.2) is 0 Å².